The molecular formula is C18H21F3N6O2. The van der Waals surface area contributed by atoms with Crippen molar-refractivity contribution in [3.8, 4) is 5.75 Å². The minimum absolute atomic E-state index is 0.0335. The number of nitrogens with zero attached hydrogens (tertiary/aromatic N) is 4. The highest BCUT2D eigenvalue weighted by atomic mass is 19.4. The van der Waals surface area contributed by atoms with Gasteiger partial charge in [0.2, 0.25) is 0 Å². The Hall–Kier alpha value is -2.95. The number of nitrogen functional groups attached to an aromatic ring is 1. The normalized spacial score (nSPS) is 19.7. The van der Waals surface area contributed by atoms with Crippen LogP contribution in [0.25, 0.3) is 0 Å². The van der Waals surface area contributed by atoms with Gasteiger partial charge in [0.05, 0.1) is 19.0 Å². The van der Waals surface area contributed by atoms with Gasteiger partial charge in [-0.2, -0.15) is 13.2 Å². The second kappa shape index (κ2) is 8.60. The molecule has 2 unspecified atom stereocenters. The minimum atomic E-state index is -4.58. The van der Waals surface area contributed by atoms with E-state index in [1.165, 1.54) is 24.5 Å². The van der Waals surface area contributed by atoms with Gasteiger partial charge in [-0.1, -0.05) is 6.92 Å². The number of piperidine rings is 1. The van der Waals surface area contributed by atoms with Crippen molar-refractivity contribution in [2.45, 2.75) is 19.5 Å². The van der Waals surface area contributed by atoms with E-state index in [4.69, 9.17) is 10.6 Å². The van der Waals surface area contributed by atoms with E-state index in [0.29, 0.717) is 18.9 Å². The Kier molecular flexibility index (Phi) is 6.16. The van der Waals surface area contributed by atoms with E-state index in [1.54, 1.807) is 0 Å². The number of aromatic nitrogens is 3. The minimum Gasteiger partial charge on any atom is -0.491 e. The molecule has 0 aromatic carbocycles. The summed E-state index contributed by atoms with van der Waals surface area (Å²) in [5, 5.41) is 0. The van der Waals surface area contributed by atoms with Crippen LogP contribution in [-0.4, -0.2) is 40.6 Å². The van der Waals surface area contributed by atoms with Gasteiger partial charge in [0.15, 0.2) is 5.69 Å². The monoisotopic (exact) mass is 410 g/mol. The molecule has 0 aliphatic carbocycles. The van der Waals surface area contributed by atoms with Crippen LogP contribution < -0.4 is 20.9 Å². The zero-order valence-corrected chi connectivity index (χ0v) is 15.7. The fraction of sp³-hybridized carbons (Fsp3) is 0.444. The van der Waals surface area contributed by atoms with Gasteiger partial charge < -0.3 is 9.64 Å². The van der Waals surface area contributed by atoms with Crippen LogP contribution in [0.2, 0.25) is 0 Å². The average molecular weight is 410 g/mol. The van der Waals surface area contributed by atoms with E-state index in [2.05, 4.69) is 15.0 Å². The molecule has 2 atom stereocenters. The van der Waals surface area contributed by atoms with Crippen LogP contribution in [0, 0.1) is 11.8 Å². The molecule has 0 bridgehead atoms. The average Bonchev–Trinajstić information content (AvgIpc) is 2.71. The molecule has 156 valence electrons. The number of carbonyl (C=O) groups excluding carboxylic acids is 1. The highest BCUT2D eigenvalue weighted by molar-refractivity contribution is 5.91. The van der Waals surface area contributed by atoms with Crippen LogP contribution in [-0.2, 0) is 6.18 Å². The van der Waals surface area contributed by atoms with E-state index in [1.807, 2.05) is 17.2 Å². The van der Waals surface area contributed by atoms with Gasteiger partial charge in [0.1, 0.15) is 17.3 Å². The van der Waals surface area contributed by atoms with Gasteiger partial charge in [-0.05, 0) is 24.5 Å². The summed E-state index contributed by atoms with van der Waals surface area (Å²) in [6.07, 6.45) is 0.132. The predicted octanol–water partition coefficient (Wildman–Crippen LogP) is 2.04. The number of carbonyl (C=O) groups is 1. The maximum Gasteiger partial charge on any atom is 0.437 e. The third-order valence-corrected chi connectivity index (χ3v) is 4.57. The fourth-order valence-corrected chi connectivity index (χ4v) is 3.41. The molecule has 0 radical (unpaired) electrons. The van der Waals surface area contributed by atoms with Gasteiger partial charge >= 0.3 is 6.18 Å². The van der Waals surface area contributed by atoms with Crippen molar-refractivity contribution < 1.29 is 22.7 Å². The van der Waals surface area contributed by atoms with E-state index >= 15 is 0 Å². The van der Waals surface area contributed by atoms with Gasteiger partial charge in [-0.25, -0.2) is 15.8 Å². The maximum absolute atomic E-state index is 13.1. The van der Waals surface area contributed by atoms with Crippen molar-refractivity contribution in [2.24, 2.45) is 17.7 Å². The zero-order chi connectivity index (χ0) is 21.0. The molecular weight excluding hydrogens is 389 g/mol. The highest BCUT2D eigenvalue weighted by Gasteiger charge is 2.36. The Morgan fingerprint density at radius 3 is 2.90 bits per heavy atom. The van der Waals surface area contributed by atoms with E-state index in [-0.39, 0.29) is 29.9 Å². The second-order valence-electron chi connectivity index (χ2n) is 7.01. The number of nitrogens with two attached hydrogens (primary N) is 1. The fourth-order valence-electron chi connectivity index (χ4n) is 3.41. The number of nitrogens with one attached hydrogen (secondary N) is 1. The predicted molar refractivity (Wildman–Crippen MR) is 97.9 cm³/mol. The van der Waals surface area contributed by atoms with Crippen molar-refractivity contribution in [1.82, 2.24) is 20.4 Å². The lowest BCUT2D eigenvalue weighted by molar-refractivity contribution is -0.142. The molecule has 3 N–H and O–H groups in total. The first-order valence-corrected chi connectivity index (χ1v) is 9.01. The SMILES string of the molecule is CC1CC(COc2cccnc2C(F)(F)F)CN(c2cncc(C(=O)NN)n2)C1. The third-order valence-electron chi connectivity index (χ3n) is 4.57. The molecule has 0 spiro atoms. The van der Waals surface area contributed by atoms with E-state index < -0.39 is 17.8 Å². The lowest BCUT2D eigenvalue weighted by atomic mass is 9.91. The largest absolute Gasteiger partial charge is 0.491 e. The number of pyridine rings is 1. The standard InChI is InChI=1S/C18H21F3N6O2/c1-11-5-12(10-29-14-3-2-4-24-16(14)18(19,20)21)9-27(8-11)15-7-23-6-13(25-15)17(28)26-22/h2-4,6-7,11-12H,5,8-10,22H2,1H3,(H,26,28). The smallest absolute Gasteiger partial charge is 0.437 e. The summed E-state index contributed by atoms with van der Waals surface area (Å²) in [6.45, 7) is 3.33. The van der Waals surface area contributed by atoms with Gasteiger partial charge in [-0.3, -0.25) is 15.2 Å². The molecule has 3 rings (SSSR count). The summed E-state index contributed by atoms with van der Waals surface area (Å²) >= 11 is 0. The number of anilines is 1. The zero-order valence-electron chi connectivity index (χ0n) is 15.7. The first-order valence-electron chi connectivity index (χ1n) is 9.01. The van der Waals surface area contributed by atoms with Crippen LogP contribution in [0.4, 0.5) is 19.0 Å². The summed E-state index contributed by atoms with van der Waals surface area (Å²) in [7, 11) is 0. The molecule has 29 heavy (non-hydrogen) atoms. The molecule has 2 aromatic rings. The molecule has 2 aromatic heterocycles. The number of halogens is 3. The third kappa shape index (κ3) is 5.11. The van der Waals surface area contributed by atoms with Crippen molar-refractivity contribution in [3.05, 3.63) is 42.1 Å². The van der Waals surface area contributed by atoms with Crippen molar-refractivity contribution in [2.75, 3.05) is 24.6 Å². The van der Waals surface area contributed by atoms with Crippen LogP contribution in [0.3, 0.4) is 0 Å². The Morgan fingerprint density at radius 1 is 1.38 bits per heavy atom. The number of hydrogen-bond donors (Lipinski definition) is 2. The summed E-state index contributed by atoms with van der Waals surface area (Å²) in [6, 6.07) is 2.67. The molecule has 1 amide bonds. The molecule has 11 heteroatoms. The summed E-state index contributed by atoms with van der Waals surface area (Å²) in [4.78, 5) is 25.3. The Morgan fingerprint density at radius 2 is 2.17 bits per heavy atom. The summed E-state index contributed by atoms with van der Waals surface area (Å²) < 4.78 is 44.7. The lowest BCUT2D eigenvalue weighted by Crippen LogP contribution is -2.42. The second-order valence-corrected chi connectivity index (χ2v) is 7.01. The lowest BCUT2D eigenvalue weighted by Gasteiger charge is -2.37. The van der Waals surface area contributed by atoms with Crippen LogP contribution in [0.1, 0.15) is 29.5 Å². The van der Waals surface area contributed by atoms with Gasteiger partial charge in [0.25, 0.3) is 5.91 Å². The summed E-state index contributed by atoms with van der Waals surface area (Å²) in [5.74, 6) is 5.01. The molecule has 1 fully saturated rings. The van der Waals surface area contributed by atoms with Crippen LogP contribution in [0.15, 0.2) is 30.7 Å². The van der Waals surface area contributed by atoms with Gasteiger partial charge in [-0.15, -0.1) is 0 Å². The molecule has 8 nitrogen and oxygen atoms in total. The number of amides is 1. The number of rotatable bonds is 5. The number of hydrazine groups is 1. The Balaban J connectivity index is 1.71. The molecule has 1 aliphatic heterocycles. The molecule has 1 aliphatic rings. The van der Waals surface area contributed by atoms with Crippen LogP contribution in [0.5, 0.6) is 5.75 Å². The van der Waals surface area contributed by atoms with Crippen molar-refractivity contribution in [1.29, 1.82) is 0 Å². The van der Waals surface area contributed by atoms with Crippen molar-refractivity contribution >= 4 is 11.7 Å². The first kappa shape index (κ1) is 20.8. The Bertz CT molecular complexity index is 863. The molecule has 3 heterocycles. The quantitative estimate of drug-likeness (QED) is 0.441. The first-order chi connectivity index (χ1) is 13.8. The highest BCUT2D eigenvalue weighted by Crippen LogP contribution is 2.35. The van der Waals surface area contributed by atoms with Gasteiger partial charge in [0, 0.05) is 25.2 Å². The van der Waals surface area contributed by atoms with Crippen molar-refractivity contribution in [3.63, 3.8) is 0 Å². The van der Waals surface area contributed by atoms with Crippen LogP contribution >= 0.6 is 0 Å². The maximum atomic E-state index is 13.1. The topological polar surface area (TPSA) is 106 Å². The summed E-state index contributed by atoms with van der Waals surface area (Å²) in [5.41, 5.74) is 1.06. The molecule has 1 saturated heterocycles. The van der Waals surface area contributed by atoms with E-state index in [9.17, 15) is 18.0 Å². The number of hydrogen-bond acceptors (Lipinski definition) is 7. The molecule has 0 saturated carbocycles. The Labute approximate surface area is 165 Å². The number of alkyl halides is 3. The number of ether oxygens (including phenoxy) is 1. The van der Waals surface area contributed by atoms with E-state index in [0.717, 1.165) is 12.6 Å².